The molecule has 0 atom stereocenters. The maximum absolute atomic E-state index is 5.59. The lowest BCUT2D eigenvalue weighted by atomic mass is 10.4. The Bertz CT molecular complexity index is 201. The molecule has 0 spiro atoms. The normalized spacial score (nSPS) is 8.50. The number of nitrogens with zero attached hydrogens (tertiary/aromatic N) is 1. The van der Waals surface area contributed by atoms with Gasteiger partial charge in [-0.2, -0.15) is 0 Å². The van der Waals surface area contributed by atoms with Gasteiger partial charge in [-0.1, -0.05) is 6.07 Å². The molecule has 3 heteroatoms. The molecule has 0 aromatic carbocycles. The highest BCUT2D eigenvalue weighted by molar-refractivity contribution is 5.85. The van der Waals surface area contributed by atoms with Gasteiger partial charge in [-0.05, 0) is 13.0 Å². The lowest BCUT2D eigenvalue weighted by Gasteiger charge is -1.95. The van der Waals surface area contributed by atoms with Crippen LogP contribution in [0, 0.1) is 0 Å². The van der Waals surface area contributed by atoms with Gasteiger partial charge in [-0.25, -0.2) is 4.57 Å². The van der Waals surface area contributed by atoms with E-state index in [4.69, 9.17) is 5.73 Å². The zero-order chi connectivity index (χ0) is 6.69. The number of halogens is 1. The second kappa shape index (κ2) is 4.12. The molecule has 10 heavy (non-hydrogen) atoms. The van der Waals surface area contributed by atoms with Crippen molar-refractivity contribution in [1.29, 1.82) is 0 Å². The Labute approximate surface area is 67.1 Å². The van der Waals surface area contributed by atoms with Crippen LogP contribution < -0.4 is 10.3 Å². The van der Waals surface area contributed by atoms with Crippen LogP contribution in [0.1, 0.15) is 6.92 Å². The van der Waals surface area contributed by atoms with Gasteiger partial charge in [0.1, 0.15) is 0 Å². The van der Waals surface area contributed by atoms with E-state index in [2.05, 4.69) is 6.92 Å². The molecule has 0 aliphatic carbocycles. The molecule has 1 rings (SSSR count). The van der Waals surface area contributed by atoms with Gasteiger partial charge in [0.2, 0.25) is 0 Å². The molecule has 0 saturated carbocycles. The minimum atomic E-state index is 0. The number of hydrogen-bond acceptors (Lipinski definition) is 1. The van der Waals surface area contributed by atoms with Gasteiger partial charge in [0.15, 0.2) is 0 Å². The molecule has 0 fully saturated rings. The second-order valence-electron chi connectivity index (χ2n) is 1.91. The van der Waals surface area contributed by atoms with Crippen molar-refractivity contribution >= 4 is 18.2 Å². The van der Waals surface area contributed by atoms with E-state index in [9.17, 15) is 0 Å². The van der Waals surface area contributed by atoms with Crippen molar-refractivity contribution in [2.24, 2.45) is 0 Å². The lowest BCUT2D eigenvalue weighted by molar-refractivity contribution is -0.679. The molecule has 0 bridgehead atoms. The summed E-state index contributed by atoms with van der Waals surface area (Å²) in [7, 11) is 0. The fraction of sp³-hybridized carbons (Fsp3) is 0.286. The van der Waals surface area contributed by atoms with Crippen LogP contribution in [0.5, 0.6) is 0 Å². The first-order valence-electron chi connectivity index (χ1n) is 3.08. The maximum atomic E-state index is 5.59. The summed E-state index contributed by atoms with van der Waals surface area (Å²) in [5.41, 5.74) is 5.59. The highest BCUT2D eigenvalue weighted by Crippen LogP contribution is 1.88. The summed E-state index contributed by atoms with van der Waals surface area (Å²) in [5, 5.41) is 0. The third kappa shape index (κ3) is 1.88. The largest absolute Gasteiger partial charge is 0.287 e. The third-order valence-electron chi connectivity index (χ3n) is 1.32. The Morgan fingerprint density at radius 3 is 2.60 bits per heavy atom. The highest BCUT2D eigenvalue weighted by Gasteiger charge is 1.95. The smallest absolute Gasteiger partial charge is 0.272 e. The molecule has 2 nitrogen and oxygen atoms in total. The number of pyridine rings is 1. The van der Waals surface area contributed by atoms with Gasteiger partial charge in [-0.3, -0.25) is 5.73 Å². The molecule has 0 aliphatic heterocycles. The Morgan fingerprint density at radius 2 is 2.20 bits per heavy atom. The molecule has 2 N–H and O–H groups in total. The summed E-state index contributed by atoms with van der Waals surface area (Å²) >= 11 is 0. The van der Waals surface area contributed by atoms with Crippen LogP contribution in [0.25, 0.3) is 0 Å². The number of hydrogen-bond donors (Lipinski definition) is 1. The summed E-state index contributed by atoms with van der Waals surface area (Å²) in [6.07, 6.45) is 1.97. The average molecular weight is 160 g/mol. The average Bonchev–Trinajstić information content (AvgIpc) is 1.89. The number of anilines is 1. The minimum absolute atomic E-state index is 0. The van der Waals surface area contributed by atoms with Crippen molar-refractivity contribution in [3.05, 3.63) is 24.4 Å². The molecule has 0 radical (unpaired) electrons. The van der Waals surface area contributed by atoms with Crippen LogP contribution in [0.3, 0.4) is 0 Å². The Hall–Kier alpha value is -0.760. The zero-order valence-electron chi connectivity index (χ0n) is 5.95. The van der Waals surface area contributed by atoms with Crippen molar-refractivity contribution in [2.45, 2.75) is 13.5 Å². The van der Waals surface area contributed by atoms with Gasteiger partial charge in [0.25, 0.3) is 5.82 Å². The van der Waals surface area contributed by atoms with Crippen LogP contribution in [-0.4, -0.2) is 0 Å². The zero-order valence-corrected chi connectivity index (χ0v) is 6.77. The molecular formula is C7H12ClN2+. The van der Waals surface area contributed by atoms with E-state index in [-0.39, 0.29) is 12.4 Å². The topological polar surface area (TPSA) is 29.9 Å². The van der Waals surface area contributed by atoms with E-state index >= 15 is 0 Å². The van der Waals surface area contributed by atoms with Crippen molar-refractivity contribution in [3.63, 3.8) is 0 Å². The van der Waals surface area contributed by atoms with Gasteiger partial charge >= 0.3 is 0 Å². The van der Waals surface area contributed by atoms with E-state index in [1.807, 2.05) is 29.0 Å². The molecule has 0 aliphatic rings. The number of aryl methyl sites for hydroxylation is 1. The predicted molar refractivity (Wildman–Crippen MR) is 44.0 cm³/mol. The number of aromatic nitrogens is 1. The first-order chi connectivity index (χ1) is 4.34. The van der Waals surface area contributed by atoms with Gasteiger partial charge < -0.3 is 0 Å². The summed E-state index contributed by atoms with van der Waals surface area (Å²) in [6, 6.07) is 5.80. The molecule has 1 aromatic rings. The Kier molecular flexibility index (Phi) is 3.81. The van der Waals surface area contributed by atoms with E-state index < -0.39 is 0 Å². The fourth-order valence-electron chi connectivity index (χ4n) is 0.778. The van der Waals surface area contributed by atoms with Crippen LogP contribution in [-0.2, 0) is 6.54 Å². The first kappa shape index (κ1) is 9.24. The number of nitrogens with two attached hydrogens (primary N) is 1. The Balaban J connectivity index is 0.000000810. The molecule has 1 aromatic heterocycles. The molecule has 0 amide bonds. The SMILES string of the molecule is CC[n+]1ccccc1N.Cl. The fourth-order valence-corrected chi connectivity index (χ4v) is 0.778. The van der Waals surface area contributed by atoms with Crippen molar-refractivity contribution in [1.82, 2.24) is 0 Å². The second-order valence-corrected chi connectivity index (χ2v) is 1.91. The van der Waals surface area contributed by atoms with Gasteiger partial charge in [0, 0.05) is 6.07 Å². The Morgan fingerprint density at radius 1 is 1.50 bits per heavy atom. The minimum Gasteiger partial charge on any atom is -0.287 e. The van der Waals surface area contributed by atoms with E-state index in [0.29, 0.717) is 0 Å². The quantitative estimate of drug-likeness (QED) is 0.609. The summed E-state index contributed by atoms with van der Waals surface area (Å²) in [6.45, 7) is 3.00. The predicted octanol–water partition coefficient (Wildman–Crippen LogP) is 0.998. The van der Waals surface area contributed by atoms with Gasteiger partial charge in [0.05, 0.1) is 12.7 Å². The van der Waals surface area contributed by atoms with Gasteiger partial charge in [-0.15, -0.1) is 12.4 Å². The molecule has 0 saturated heterocycles. The first-order valence-corrected chi connectivity index (χ1v) is 3.08. The molecule has 0 unspecified atom stereocenters. The maximum Gasteiger partial charge on any atom is 0.272 e. The van der Waals surface area contributed by atoms with Crippen LogP contribution in [0.4, 0.5) is 5.82 Å². The lowest BCUT2D eigenvalue weighted by Crippen LogP contribution is -2.34. The van der Waals surface area contributed by atoms with Crippen LogP contribution >= 0.6 is 12.4 Å². The highest BCUT2D eigenvalue weighted by atomic mass is 35.5. The number of nitrogen functional groups attached to an aromatic ring is 1. The van der Waals surface area contributed by atoms with E-state index in [0.717, 1.165) is 12.4 Å². The molecule has 56 valence electrons. The van der Waals surface area contributed by atoms with E-state index in [1.165, 1.54) is 0 Å². The van der Waals surface area contributed by atoms with E-state index in [1.54, 1.807) is 0 Å². The van der Waals surface area contributed by atoms with Crippen LogP contribution in [0.2, 0.25) is 0 Å². The standard InChI is InChI=1S/C7H10N2.ClH/c1-2-9-6-4-3-5-7(9)8;/h3-6,8H,2H2,1H3;1H/p+1. The monoisotopic (exact) mass is 159 g/mol. The van der Waals surface area contributed by atoms with Crippen molar-refractivity contribution in [3.8, 4) is 0 Å². The third-order valence-corrected chi connectivity index (χ3v) is 1.32. The molecule has 1 heterocycles. The van der Waals surface area contributed by atoms with Crippen molar-refractivity contribution in [2.75, 3.05) is 5.73 Å². The number of rotatable bonds is 1. The molecular weight excluding hydrogens is 148 g/mol. The van der Waals surface area contributed by atoms with Crippen LogP contribution in [0.15, 0.2) is 24.4 Å². The summed E-state index contributed by atoms with van der Waals surface area (Å²) in [5.74, 6) is 0.819. The van der Waals surface area contributed by atoms with Crippen molar-refractivity contribution < 1.29 is 4.57 Å². The summed E-state index contributed by atoms with van der Waals surface area (Å²) in [4.78, 5) is 0. The summed E-state index contributed by atoms with van der Waals surface area (Å²) < 4.78 is 1.99.